The van der Waals surface area contributed by atoms with E-state index in [1.165, 1.54) is 11.0 Å². The molecule has 88 valence electrons. The molecule has 0 bridgehead atoms. The zero-order valence-electron chi connectivity index (χ0n) is 9.57. The number of carbonyl (C=O) groups is 1. The van der Waals surface area contributed by atoms with Gasteiger partial charge in [-0.15, -0.1) is 0 Å². The first kappa shape index (κ1) is 12.9. The Labute approximate surface area is 99.9 Å². The second-order valence-corrected chi connectivity index (χ2v) is 4.24. The molecule has 5 heteroatoms. The Morgan fingerprint density at radius 3 is 2.75 bits per heavy atom. The Morgan fingerprint density at radius 2 is 2.25 bits per heavy atom. The molecule has 1 atom stereocenters. The van der Waals surface area contributed by atoms with Crippen LogP contribution in [0.2, 0.25) is 5.15 Å². The van der Waals surface area contributed by atoms with E-state index in [0.717, 1.165) is 0 Å². The van der Waals surface area contributed by atoms with Gasteiger partial charge in [-0.1, -0.05) is 11.6 Å². The monoisotopic (exact) mass is 242 g/mol. The van der Waals surface area contributed by atoms with E-state index >= 15 is 0 Å². The molecule has 0 aliphatic rings. The largest absolute Gasteiger partial charge is 0.392 e. The molecule has 0 saturated heterocycles. The van der Waals surface area contributed by atoms with E-state index in [4.69, 9.17) is 11.6 Å². The van der Waals surface area contributed by atoms with Crippen LogP contribution in [0.1, 0.15) is 23.0 Å². The van der Waals surface area contributed by atoms with Crippen LogP contribution in [0.5, 0.6) is 0 Å². The lowest BCUT2D eigenvalue weighted by atomic mass is 10.2. The number of aryl methyl sites for hydroxylation is 1. The summed E-state index contributed by atoms with van der Waals surface area (Å²) >= 11 is 5.77. The summed E-state index contributed by atoms with van der Waals surface area (Å²) in [6.45, 7) is 3.70. The summed E-state index contributed by atoms with van der Waals surface area (Å²) < 4.78 is 0. The number of carbonyl (C=O) groups excluding carboxylic acids is 1. The topological polar surface area (TPSA) is 53.4 Å². The van der Waals surface area contributed by atoms with Gasteiger partial charge in [-0.05, 0) is 26.0 Å². The molecule has 0 radical (unpaired) electrons. The van der Waals surface area contributed by atoms with Gasteiger partial charge in [0.25, 0.3) is 5.91 Å². The van der Waals surface area contributed by atoms with Gasteiger partial charge in [0.05, 0.1) is 6.10 Å². The van der Waals surface area contributed by atoms with Crippen molar-refractivity contribution in [1.29, 1.82) is 0 Å². The number of amides is 1. The van der Waals surface area contributed by atoms with Crippen molar-refractivity contribution in [1.82, 2.24) is 9.88 Å². The minimum absolute atomic E-state index is 0.173. The number of hydrogen-bond donors (Lipinski definition) is 1. The third-order valence-electron chi connectivity index (χ3n) is 2.05. The summed E-state index contributed by atoms with van der Waals surface area (Å²) in [4.78, 5) is 17.3. The van der Waals surface area contributed by atoms with Crippen LogP contribution in [0.4, 0.5) is 0 Å². The standard InChI is InChI=1S/C11H15ClN2O2/c1-7-4-9(5-10(12)13-7)11(16)14(3)6-8(2)15/h4-5,8,15H,6H2,1-3H3. The number of halogens is 1. The van der Waals surface area contributed by atoms with E-state index in [2.05, 4.69) is 4.98 Å². The van der Waals surface area contributed by atoms with Crippen LogP contribution in [0, 0.1) is 6.92 Å². The van der Waals surface area contributed by atoms with E-state index < -0.39 is 6.10 Å². The molecule has 0 aliphatic carbocycles. The molecule has 0 aromatic carbocycles. The number of pyridine rings is 1. The predicted molar refractivity (Wildman–Crippen MR) is 62.6 cm³/mol. The molecular formula is C11H15ClN2O2. The molecule has 1 amide bonds. The summed E-state index contributed by atoms with van der Waals surface area (Å²) in [5.41, 5.74) is 1.18. The molecule has 1 aromatic rings. The van der Waals surface area contributed by atoms with Crippen molar-refractivity contribution in [2.75, 3.05) is 13.6 Å². The summed E-state index contributed by atoms with van der Waals surface area (Å²) in [6, 6.07) is 3.20. The molecule has 4 nitrogen and oxygen atoms in total. The van der Waals surface area contributed by atoms with E-state index in [-0.39, 0.29) is 12.5 Å². The maximum atomic E-state index is 11.9. The first-order valence-electron chi connectivity index (χ1n) is 4.98. The van der Waals surface area contributed by atoms with Gasteiger partial charge in [-0.25, -0.2) is 4.98 Å². The maximum absolute atomic E-state index is 11.9. The summed E-state index contributed by atoms with van der Waals surface area (Å²) in [6.07, 6.45) is -0.549. The average Bonchev–Trinajstić information content (AvgIpc) is 2.13. The lowest BCUT2D eigenvalue weighted by Gasteiger charge is -2.18. The van der Waals surface area contributed by atoms with E-state index in [0.29, 0.717) is 16.4 Å². The third kappa shape index (κ3) is 3.47. The Kier molecular flexibility index (Phi) is 4.26. The number of aliphatic hydroxyl groups excluding tert-OH is 1. The second-order valence-electron chi connectivity index (χ2n) is 3.85. The highest BCUT2D eigenvalue weighted by Crippen LogP contribution is 2.12. The Morgan fingerprint density at radius 1 is 1.62 bits per heavy atom. The van der Waals surface area contributed by atoms with Crippen molar-refractivity contribution < 1.29 is 9.90 Å². The Balaban J connectivity index is 2.87. The van der Waals surface area contributed by atoms with Crippen LogP contribution >= 0.6 is 11.6 Å². The van der Waals surface area contributed by atoms with Gasteiger partial charge in [-0.2, -0.15) is 0 Å². The molecule has 16 heavy (non-hydrogen) atoms. The van der Waals surface area contributed by atoms with E-state index in [1.54, 1.807) is 27.0 Å². The van der Waals surface area contributed by atoms with Crippen molar-refractivity contribution in [3.05, 3.63) is 28.5 Å². The fourth-order valence-corrected chi connectivity index (χ4v) is 1.70. The third-order valence-corrected chi connectivity index (χ3v) is 2.25. The van der Waals surface area contributed by atoms with Crippen LogP contribution in [0.15, 0.2) is 12.1 Å². The van der Waals surface area contributed by atoms with E-state index in [1.807, 2.05) is 0 Å². The highest BCUT2D eigenvalue weighted by molar-refractivity contribution is 6.29. The molecule has 1 rings (SSSR count). The number of nitrogens with zero attached hydrogens (tertiary/aromatic N) is 2. The zero-order valence-corrected chi connectivity index (χ0v) is 10.3. The van der Waals surface area contributed by atoms with Crippen molar-refractivity contribution in [2.45, 2.75) is 20.0 Å². The van der Waals surface area contributed by atoms with Gasteiger partial charge in [0.15, 0.2) is 0 Å². The maximum Gasteiger partial charge on any atom is 0.253 e. The highest BCUT2D eigenvalue weighted by atomic mass is 35.5. The molecule has 0 spiro atoms. The smallest absolute Gasteiger partial charge is 0.253 e. The predicted octanol–water partition coefficient (Wildman–Crippen LogP) is 1.50. The average molecular weight is 243 g/mol. The Bertz CT molecular complexity index is 373. The molecule has 1 aromatic heterocycles. The van der Waals surface area contributed by atoms with Crippen LogP contribution < -0.4 is 0 Å². The minimum atomic E-state index is -0.549. The normalized spacial score (nSPS) is 12.3. The van der Waals surface area contributed by atoms with Gasteiger partial charge in [0.1, 0.15) is 5.15 Å². The molecule has 1 heterocycles. The van der Waals surface area contributed by atoms with Crippen molar-refractivity contribution in [3.63, 3.8) is 0 Å². The first-order chi connectivity index (χ1) is 7.40. The Hall–Kier alpha value is -1.13. The van der Waals surface area contributed by atoms with Crippen molar-refractivity contribution in [3.8, 4) is 0 Å². The summed E-state index contributed by atoms with van der Waals surface area (Å²) in [7, 11) is 1.64. The number of aliphatic hydroxyl groups is 1. The quantitative estimate of drug-likeness (QED) is 0.818. The fraction of sp³-hybridized carbons (Fsp3) is 0.455. The van der Waals surface area contributed by atoms with Crippen LogP contribution in [-0.2, 0) is 0 Å². The number of rotatable bonds is 3. The molecule has 1 N–H and O–H groups in total. The first-order valence-corrected chi connectivity index (χ1v) is 5.35. The number of likely N-dealkylation sites (N-methyl/N-ethyl adjacent to an activating group) is 1. The van der Waals surface area contributed by atoms with Gasteiger partial charge in [0, 0.05) is 24.8 Å². The van der Waals surface area contributed by atoms with Gasteiger partial charge < -0.3 is 10.0 Å². The SMILES string of the molecule is Cc1cc(C(=O)N(C)CC(C)O)cc(Cl)n1. The fourth-order valence-electron chi connectivity index (χ4n) is 1.45. The second kappa shape index (κ2) is 5.27. The van der Waals surface area contributed by atoms with Crippen molar-refractivity contribution in [2.24, 2.45) is 0 Å². The van der Waals surface area contributed by atoms with Crippen LogP contribution in [0.25, 0.3) is 0 Å². The zero-order chi connectivity index (χ0) is 12.3. The minimum Gasteiger partial charge on any atom is -0.392 e. The lowest BCUT2D eigenvalue weighted by molar-refractivity contribution is 0.0703. The molecule has 0 saturated carbocycles. The van der Waals surface area contributed by atoms with Gasteiger partial charge >= 0.3 is 0 Å². The summed E-state index contributed by atoms with van der Waals surface area (Å²) in [5, 5.41) is 9.50. The molecular weight excluding hydrogens is 228 g/mol. The number of aromatic nitrogens is 1. The van der Waals surface area contributed by atoms with E-state index in [9.17, 15) is 9.90 Å². The van der Waals surface area contributed by atoms with Crippen LogP contribution in [0.3, 0.4) is 0 Å². The van der Waals surface area contributed by atoms with Gasteiger partial charge in [-0.3, -0.25) is 4.79 Å². The van der Waals surface area contributed by atoms with Crippen LogP contribution in [-0.4, -0.2) is 40.6 Å². The van der Waals surface area contributed by atoms with Gasteiger partial charge in [0.2, 0.25) is 0 Å². The number of hydrogen-bond acceptors (Lipinski definition) is 3. The van der Waals surface area contributed by atoms with Crippen molar-refractivity contribution >= 4 is 17.5 Å². The highest BCUT2D eigenvalue weighted by Gasteiger charge is 2.14. The molecule has 1 unspecified atom stereocenters. The molecule has 0 aliphatic heterocycles. The molecule has 0 fully saturated rings. The summed E-state index contributed by atoms with van der Waals surface area (Å²) in [5.74, 6) is -0.173. The lowest BCUT2D eigenvalue weighted by Crippen LogP contribution is -2.33.